The summed E-state index contributed by atoms with van der Waals surface area (Å²) in [5.74, 6) is 1.12. The molecule has 0 unspecified atom stereocenters. The van der Waals surface area contributed by atoms with Gasteiger partial charge in [0.05, 0.1) is 13.2 Å². The molecule has 0 aromatic carbocycles. The lowest BCUT2D eigenvalue weighted by molar-refractivity contribution is -0.0162. The van der Waals surface area contributed by atoms with Gasteiger partial charge >= 0.3 is 0 Å². The number of fused-ring (bicyclic) bond motifs is 2. The van der Waals surface area contributed by atoms with Crippen molar-refractivity contribution in [3.63, 3.8) is 0 Å². The normalized spacial score (nSPS) is 47.1. The molecule has 3 N–H and O–H groups in total. The molecule has 3 nitrogen and oxygen atoms in total. The Hall–Kier alpha value is -0.120. The summed E-state index contributed by atoms with van der Waals surface area (Å²) < 4.78 is 5.39. The van der Waals surface area contributed by atoms with E-state index in [1.54, 1.807) is 0 Å². The zero-order valence-corrected chi connectivity index (χ0v) is 6.05. The van der Waals surface area contributed by atoms with E-state index >= 15 is 0 Å². The molecule has 2 saturated heterocycles. The predicted octanol–water partition coefficient (Wildman–Crippen LogP) is -0.821. The maximum atomic E-state index is 5.96. The first-order chi connectivity index (χ1) is 4.88. The predicted molar refractivity (Wildman–Crippen MR) is 38.6 cm³/mol. The number of hydrogen-bond acceptors (Lipinski definition) is 3. The minimum Gasteiger partial charge on any atom is -0.381 e. The molecule has 58 valence electrons. The Bertz CT molecular complexity index is 107. The molecule has 2 fully saturated rings. The van der Waals surface area contributed by atoms with Crippen molar-refractivity contribution in [1.82, 2.24) is 5.32 Å². The molecule has 2 aliphatic rings. The highest BCUT2D eigenvalue weighted by Gasteiger charge is 2.33. The lowest BCUT2D eigenvalue weighted by Gasteiger charge is -2.40. The SMILES string of the molecule is N[C@H]1[C@@H]2CNC[C@H]1COC2. The molecule has 0 aromatic rings. The van der Waals surface area contributed by atoms with Crippen LogP contribution >= 0.6 is 0 Å². The summed E-state index contributed by atoms with van der Waals surface area (Å²) in [6.07, 6.45) is 0. The highest BCUT2D eigenvalue weighted by Crippen LogP contribution is 2.20. The molecule has 10 heavy (non-hydrogen) atoms. The van der Waals surface area contributed by atoms with Crippen molar-refractivity contribution in [1.29, 1.82) is 0 Å². The first-order valence-corrected chi connectivity index (χ1v) is 3.92. The van der Waals surface area contributed by atoms with Crippen molar-refractivity contribution >= 4 is 0 Å². The monoisotopic (exact) mass is 142 g/mol. The largest absolute Gasteiger partial charge is 0.381 e. The van der Waals surface area contributed by atoms with E-state index in [9.17, 15) is 0 Å². The second kappa shape index (κ2) is 2.49. The van der Waals surface area contributed by atoms with Crippen molar-refractivity contribution < 1.29 is 4.74 Å². The fourth-order valence-corrected chi connectivity index (χ4v) is 1.82. The van der Waals surface area contributed by atoms with Gasteiger partial charge in [0.2, 0.25) is 0 Å². The Morgan fingerprint density at radius 1 is 1.20 bits per heavy atom. The van der Waals surface area contributed by atoms with Crippen LogP contribution in [-0.4, -0.2) is 32.3 Å². The van der Waals surface area contributed by atoms with Crippen LogP contribution in [0.2, 0.25) is 0 Å². The fourth-order valence-electron chi connectivity index (χ4n) is 1.82. The number of hydrogen-bond donors (Lipinski definition) is 2. The van der Waals surface area contributed by atoms with E-state index in [2.05, 4.69) is 5.32 Å². The quantitative estimate of drug-likeness (QED) is 0.464. The van der Waals surface area contributed by atoms with Gasteiger partial charge in [-0.2, -0.15) is 0 Å². The second-order valence-electron chi connectivity index (χ2n) is 3.29. The number of nitrogens with two attached hydrogens (primary N) is 1. The van der Waals surface area contributed by atoms with Gasteiger partial charge in [-0.1, -0.05) is 0 Å². The van der Waals surface area contributed by atoms with E-state index in [0.717, 1.165) is 26.3 Å². The van der Waals surface area contributed by atoms with Gasteiger partial charge in [0.15, 0.2) is 0 Å². The van der Waals surface area contributed by atoms with Gasteiger partial charge in [0, 0.05) is 31.0 Å². The van der Waals surface area contributed by atoms with Crippen LogP contribution < -0.4 is 11.1 Å². The molecule has 0 aliphatic carbocycles. The van der Waals surface area contributed by atoms with Crippen LogP contribution in [-0.2, 0) is 4.74 Å². The van der Waals surface area contributed by atoms with Crippen molar-refractivity contribution in [2.24, 2.45) is 17.6 Å². The van der Waals surface area contributed by atoms with Crippen molar-refractivity contribution in [3.8, 4) is 0 Å². The van der Waals surface area contributed by atoms with Crippen LogP contribution in [0.4, 0.5) is 0 Å². The van der Waals surface area contributed by atoms with Gasteiger partial charge in [-0.3, -0.25) is 0 Å². The average molecular weight is 142 g/mol. The molecule has 3 heteroatoms. The first kappa shape index (κ1) is 6.58. The van der Waals surface area contributed by atoms with Gasteiger partial charge in [-0.15, -0.1) is 0 Å². The Labute approximate surface area is 60.9 Å². The van der Waals surface area contributed by atoms with E-state index in [1.165, 1.54) is 0 Å². The number of ether oxygens (including phenoxy) is 1. The lowest BCUT2D eigenvalue weighted by atomic mass is 9.84. The molecular formula is C7H14N2O. The van der Waals surface area contributed by atoms with Crippen molar-refractivity contribution in [2.75, 3.05) is 26.3 Å². The van der Waals surface area contributed by atoms with E-state index < -0.39 is 0 Å². The minimum absolute atomic E-state index is 0.384. The molecule has 2 aliphatic heterocycles. The summed E-state index contributed by atoms with van der Waals surface area (Å²) >= 11 is 0. The molecule has 0 amide bonds. The smallest absolute Gasteiger partial charge is 0.0521 e. The van der Waals surface area contributed by atoms with E-state index in [1.807, 2.05) is 0 Å². The second-order valence-corrected chi connectivity index (χ2v) is 3.29. The molecule has 3 atom stereocenters. The van der Waals surface area contributed by atoms with Gasteiger partial charge in [-0.25, -0.2) is 0 Å². The zero-order chi connectivity index (χ0) is 6.97. The fraction of sp³-hybridized carbons (Fsp3) is 1.00. The van der Waals surface area contributed by atoms with Gasteiger partial charge < -0.3 is 15.8 Å². The van der Waals surface area contributed by atoms with Gasteiger partial charge in [0.1, 0.15) is 0 Å². The number of nitrogens with one attached hydrogen (secondary N) is 1. The number of piperidine rings is 1. The van der Waals surface area contributed by atoms with Gasteiger partial charge in [0.25, 0.3) is 0 Å². The van der Waals surface area contributed by atoms with Crippen LogP contribution in [0.3, 0.4) is 0 Å². The van der Waals surface area contributed by atoms with E-state index in [4.69, 9.17) is 10.5 Å². The third kappa shape index (κ3) is 0.944. The maximum absolute atomic E-state index is 5.96. The van der Waals surface area contributed by atoms with Crippen LogP contribution in [0.15, 0.2) is 0 Å². The van der Waals surface area contributed by atoms with Crippen LogP contribution in [0.5, 0.6) is 0 Å². The Morgan fingerprint density at radius 3 is 2.30 bits per heavy atom. The molecule has 0 aromatic heterocycles. The molecular weight excluding hydrogens is 128 g/mol. The van der Waals surface area contributed by atoms with E-state index in [0.29, 0.717) is 17.9 Å². The standard InChI is InChI=1S/C7H14N2O/c8-7-5-1-9-2-6(7)4-10-3-5/h5-7,9H,1-4,8H2/t5-,6+,7+. The summed E-state index contributed by atoms with van der Waals surface area (Å²) in [6, 6.07) is 0.384. The Kier molecular flexibility index (Phi) is 1.64. The lowest BCUT2D eigenvalue weighted by Crippen LogP contribution is -2.57. The molecule has 2 bridgehead atoms. The highest BCUT2D eigenvalue weighted by molar-refractivity contribution is 4.90. The topological polar surface area (TPSA) is 47.3 Å². The molecule has 0 spiro atoms. The molecule has 2 rings (SSSR count). The van der Waals surface area contributed by atoms with Crippen LogP contribution in [0.1, 0.15) is 0 Å². The Balaban J connectivity index is 2.05. The highest BCUT2D eigenvalue weighted by atomic mass is 16.5. The summed E-state index contributed by atoms with van der Waals surface area (Å²) in [7, 11) is 0. The minimum atomic E-state index is 0.384. The molecule has 0 radical (unpaired) electrons. The third-order valence-electron chi connectivity index (χ3n) is 2.57. The maximum Gasteiger partial charge on any atom is 0.0521 e. The van der Waals surface area contributed by atoms with Crippen molar-refractivity contribution in [2.45, 2.75) is 6.04 Å². The summed E-state index contributed by atoms with van der Waals surface area (Å²) in [4.78, 5) is 0. The Morgan fingerprint density at radius 2 is 1.80 bits per heavy atom. The van der Waals surface area contributed by atoms with Gasteiger partial charge in [-0.05, 0) is 0 Å². The summed E-state index contributed by atoms with van der Waals surface area (Å²) in [5, 5.41) is 3.36. The third-order valence-corrected chi connectivity index (χ3v) is 2.57. The number of rotatable bonds is 0. The average Bonchev–Trinajstić information content (AvgIpc) is 1.86. The van der Waals surface area contributed by atoms with E-state index in [-0.39, 0.29) is 0 Å². The zero-order valence-electron chi connectivity index (χ0n) is 6.05. The van der Waals surface area contributed by atoms with Crippen molar-refractivity contribution in [3.05, 3.63) is 0 Å². The summed E-state index contributed by atoms with van der Waals surface area (Å²) in [5.41, 5.74) is 5.96. The molecule has 2 heterocycles. The first-order valence-electron chi connectivity index (χ1n) is 3.92. The summed E-state index contributed by atoms with van der Waals surface area (Å²) in [6.45, 7) is 3.78. The van der Waals surface area contributed by atoms with Crippen LogP contribution in [0, 0.1) is 11.8 Å². The molecule has 0 saturated carbocycles. The van der Waals surface area contributed by atoms with Crippen LogP contribution in [0.25, 0.3) is 0 Å².